The molecule has 0 unspecified atom stereocenters. The second kappa shape index (κ2) is 8.72. The highest BCUT2D eigenvalue weighted by Crippen LogP contribution is 2.26. The topological polar surface area (TPSA) is 83.6 Å². The fraction of sp³-hybridized carbons (Fsp3) is 0.100. The molecule has 2 aromatic heterocycles. The second-order valence-electron chi connectivity index (χ2n) is 6.34. The quantitative estimate of drug-likeness (QED) is 0.414. The average molecular weight is 444 g/mol. The number of nitrogens with one attached hydrogen (secondary N) is 2. The van der Waals surface area contributed by atoms with E-state index in [0.29, 0.717) is 27.4 Å². The van der Waals surface area contributed by atoms with Gasteiger partial charge in [0.2, 0.25) is 11.1 Å². The summed E-state index contributed by atoms with van der Waals surface area (Å²) >= 11 is 2.39. The number of aromatic nitrogens is 4. The van der Waals surface area contributed by atoms with Crippen LogP contribution >= 0.6 is 23.1 Å². The number of anilines is 1. The number of benzene rings is 2. The number of carbonyl (C=O) groups excluding carboxylic acids is 1. The summed E-state index contributed by atoms with van der Waals surface area (Å²) in [7, 11) is 0. The standard InChI is InChI=1S/C20H15F2N5OS2/c1-11-2-4-12(5-3-11)18-25-20(27-26-18)30-10-17(28)24-19-23-16(9-29-19)13-6-7-14(21)15(22)8-13/h2-9H,10H2,1H3,(H,23,24,28)(H,25,26,27). The van der Waals surface area contributed by atoms with Crippen molar-refractivity contribution < 1.29 is 13.6 Å². The van der Waals surface area contributed by atoms with Crippen LogP contribution in [0.1, 0.15) is 5.56 Å². The third kappa shape index (κ3) is 4.71. The maximum absolute atomic E-state index is 13.4. The lowest BCUT2D eigenvalue weighted by Crippen LogP contribution is -2.13. The van der Waals surface area contributed by atoms with Gasteiger partial charge in [-0.25, -0.2) is 18.7 Å². The van der Waals surface area contributed by atoms with Gasteiger partial charge >= 0.3 is 0 Å². The van der Waals surface area contributed by atoms with Crippen LogP contribution in [0.3, 0.4) is 0 Å². The molecule has 4 aromatic rings. The zero-order chi connectivity index (χ0) is 21.1. The zero-order valence-electron chi connectivity index (χ0n) is 15.6. The predicted molar refractivity (Wildman–Crippen MR) is 113 cm³/mol. The summed E-state index contributed by atoms with van der Waals surface area (Å²) in [5, 5.41) is 12.2. The molecule has 152 valence electrons. The largest absolute Gasteiger partial charge is 0.301 e. The van der Waals surface area contributed by atoms with E-state index in [1.807, 2.05) is 31.2 Å². The number of halogens is 2. The van der Waals surface area contributed by atoms with Gasteiger partial charge < -0.3 is 5.32 Å². The molecule has 0 aliphatic heterocycles. The average Bonchev–Trinajstić information content (AvgIpc) is 3.39. The molecular weight excluding hydrogens is 428 g/mol. The summed E-state index contributed by atoms with van der Waals surface area (Å²) in [4.78, 5) is 20.8. The van der Waals surface area contributed by atoms with Gasteiger partial charge in [0.25, 0.3) is 0 Å². The van der Waals surface area contributed by atoms with E-state index in [0.717, 1.165) is 23.3 Å². The zero-order valence-corrected chi connectivity index (χ0v) is 17.3. The number of hydrogen-bond acceptors (Lipinski definition) is 6. The highest BCUT2D eigenvalue weighted by molar-refractivity contribution is 7.99. The van der Waals surface area contributed by atoms with Crippen LogP contribution in [0.25, 0.3) is 22.6 Å². The molecule has 2 aromatic carbocycles. The normalized spacial score (nSPS) is 10.9. The molecule has 1 amide bonds. The first-order valence-electron chi connectivity index (χ1n) is 8.81. The third-order valence-electron chi connectivity index (χ3n) is 4.09. The van der Waals surface area contributed by atoms with Gasteiger partial charge in [-0.2, -0.15) is 0 Å². The maximum Gasteiger partial charge on any atom is 0.236 e. The van der Waals surface area contributed by atoms with Crippen molar-refractivity contribution in [1.29, 1.82) is 0 Å². The number of aryl methyl sites for hydroxylation is 1. The number of nitrogens with zero attached hydrogens (tertiary/aromatic N) is 3. The molecule has 2 N–H and O–H groups in total. The summed E-state index contributed by atoms with van der Waals surface area (Å²) in [6, 6.07) is 11.4. The van der Waals surface area contributed by atoms with E-state index in [1.165, 1.54) is 29.2 Å². The van der Waals surface area contributed by atoms with Gasteiger partial charge in [0, 0.05) is 16.5 Å². The first kappa shape index (κ1) is 20.2. The van der Waals surface area contributed by atoms with Crippen LogP contribution in [-0.4, -0.2) is 31.8 Å². The highest BCUT2D eigenvalue weighted by atomic mass is 32.2. The van der Waals surface area contributed by atoms with Crippen molar-refractivity contribution in [3.63, 3.8) is 0 Å². The Kier molecular flexibility index (Phi) is 5.86. The van der Waals surface area contributed by atoms with Crippen LogP contribution in [0.15, 0.2) is 53.0 Å². The molecule has 0 saturated heterocycles. The van der Waals surface area contributed by atoms with Crippen molar-refractivity contribution in [2.45, 2.75) is 12.1 Å². The molecule has 0 fully saturated rings. The molecule has 0 atom stereocenters. The van der Waals surface area contributed by atoms with Crippen molar-refractivity contribution in [3.8, 4) is 22.6 Å². The first-order valence-corrected chi connectivity index (χ1v) is 10.7. The molecule has 10 heteroatoms. The smallest absolute Gasteiger partial charge is 0.236 e. The fourth-order valence-corrected chi connectivity index (χ4v) is 3.89. The summed E-state index contributed by atoms with van der Waals surface area (Å²) in [5.41, 5.74) is 2.96. The Morgan fingerprint density at radius 2 is 1.87 bits per heavy atom. The van der Waals surface area contributed by atoms with Gasteiger partial charge in [-0.3, -0.25) is 9.89 Å². The van der Waals surface area contributed by atoms with E-state index in [1.54, 1.807) is 5.38 Å². The van der Waals surface area contributed by atoms with Gasteiger partial charge in [-0.1, -0.05) is 41.6 Å². The molecular formula is C20H15F2N5OS2. The lowest BCUT2D eigenvalue weighted by Gasteiger charge is -2.00. The van der Waals surface area contributed by atoms with Crippen molar-refractivity contribution in [1.82, 2.24) is 20.2 Å². The summed E-state index contributed by atoms with van der Waals surface area (Å²) in [5.74, 6) is -1.40. The molecule has 0 aliphatic rings. The molecule has 0 bridgehead atoms. The molecule has 2 heterocycles. The number of amides is 1. The minimum absolute atomic E-state index is 0.102. The van der Waals surface area contributed by atoms with Crippen LogP contribution in [-0.2, 0) is 4.79 Å². The van der Waals surface area contributed by atoms with Gasteiger partial charge in [0.15, 0.2) is 22.6 Å². The minimum Gasteiger partial charge on any atom is -0.301 e. The first-order chi connectivity index (χ1) is 14.5. The van der Waals surface area contributed by atoms with Crippen LogP contribution in [0.5, 0.6) is 0 Å². The van der Waals surface area contributed by atoms with Crippen molar-refractivity contribution in [2.24, 2.45) is 0 Å². The van der Waals surface area contributed by atoms with Crippen molar-refractivity contribution >= 4 is 34.1 Å². The SMILES string of the molecule is Cc1ccc(-c2nc(SCC(=O)Nc3nc(-c4ccc(F)c(F)c4)cs3)n[nH]2)cc1. The Morgan fingerprint density at radius 1 is 1.10 bits per heavy atom. The van der Waals surface area contributed by atoms with Crippen molar-refractivity contribution in [2.75, 3.05) is 11.1 Å². The number of carbonyl (C=O) groups is 1. The van der Waals surface area contributed by atoms with Crippen LogP contribution < -0.4 is 5.32 Å². The molecule has 30 heavy (non-hydrogen) atoms. The van der Waals surface area contributed by atoms with Crippen LogP contribution in [0.2, 0.25) is 0 Å². The maximum atomic E-state index is 13.4. The van der Waals surface area contributed by atoms with Gasteiger partial charge in [0.05, 0.1) is 11.4 Å². The van der Waals surface area contributed by atoms with Gasteiger partial charge in [0.1, 0.15) is 0 Å². The highest BCUT2D eigenvalue weighted by Gasteiger charge is 2.12. The number of rotatable bonds is 6. The summed E-state index contributed by atoms with van der Waals surface area (Å²) in [6.07, 6.45) is 0. The van der Waals surface area contributed by atoms with Gasteiger partial charge in [-0.15, -0.1) is 16.4 Å². The third-order valence-corrected chi connectivity index (χ3v) is 5.69. The molecule has 0 spiro atoms. The Hall–Kier alpha value is -3.11. The number of H-pyrrole nitrogens is 1. The van der Waals surface area contributed by atoms with E-state index in [-0.39, 0.29) is 11.7 Å². The Bertz CT molecular complexity index is 1190. The van der Waals surface area contributed by atoms with Crippen molar-refractivity contribution in [3.05, 3.63) is 65.0 Å². The Labute approximate surface area is 178 Å². The molecule has 0 aliphatic carbocycles. The lowest BCUT2D eigenvalue weighted by atomic mass is 10.1. The summed E-state index contributed by atoms with van der Waals surface area (Å²) < 4.78 is 26.5. The van der Waals surface area contributed by atoms with Crippen LogP contribution in [0.4, 0.5) is 13.9 Å². The number of thiazole rings is 1. The molecule has 0 saturated carbocycles. The minimum atomic E-state index is -0.945. The van der Waals surface area contributed by atoms with Gasteiger partial charge in [-0.05, 0) is 25.1 Å². The predicted octanol–water partition coefficient (Wildman–Crippen LogP) is 4.91. The van der Waals surface area contributed by atoms with E-state index in [9.17, 15) is 13.6 Å². The number of aromatic amines is 1. The van der Waals surface area contributed by atoms with E-state index >= 15 is 0 Å². The second-order valence-corrected chi connectivity index (χ2v) is 8.14. The molecule has 4 rings (SSSR count). The Morgan fingerprint density at radius 3 is 2.63 bits per heavy atom. The number of thioether (sulfide) groups is 1. The van der Waals surface area contributed by atoms with E-state index in [4.69, 9.17) is 0 Å². The van der Waals surface area contributed by atoms with Crippen LogP contribution in [0, 0.1) is 18.6 Å². The molecule has 0 radical (unpaired) electrons. The van der Waals surface area contributed by atoms with E-state index < -0.39 is 11.6 Å². The number of hydrogen-bond donors (Lipinski definition) is 2. The lowest BCUT2D eigenvalue weighted by molar-refractivity contribution is -0.113. The summed E-state index contributed by atoms with van der Waals surface area (Å²) in [6.45, 7) is 2.01. The Balaban J connectivity index is 1.34. The monoisotopic (exact) mass is 443 g/mol. The molecule has 6 nitrogen and oxygen atoms in total. The van der Waals surface area contributed by atoms with E-state index in [2.05, 4.69) is 25.5 Å². The fourth-order valence-electron chi connectivity index (χ4n) is 2.56.